The quantitative estimate of drug-likeness (QED) is 0.462. The summed E-state index contributed by atoms with van der Waals surface area (Å²) >= 11 is 0. The van der Waals surface area contributed by atoms with Crippen molar-refractivity contribution in [3.63, 3.8) is 0 Å². The van der Waals surface area contributed by atoms with Gasteiger partial charge >= 0.3 is 0 Å². The largest absolute Gasteiger partial charge is 0.455 e. The Morgan fingerprint density at radius 3 is 2.50 bits per heavy atom. The first kappa shape index (κ1) is 20.0. The maximum absolute atomic E-state index is 12.4. The summed E-state index contributed by atoms with van der Waals surface area (Å²) in [6, 6.07) is 7.61. The van der Waals surface area contributed by atoms with Gasteiger partial charge in [0, 0.05) is 12.1 Å². The molecule has 2 aromatic rings. The number of benzene rings is 1. The van der Waals surface area contributed by atoms with Crippen LogP contribution >= 0.6 is 0 Å². The van der Waals surface area contributed by atoms with Gasteiger partial charge in [0.05, 0.1) is 24.1 Å². The Balaban J connectivity index is 1.62. The van der Waals surface area contributed by atoms with Crippen LogP contribution in [0.15, 0.2) is 40.8 Å². The summed E-state index contributed by atoms with van der Waals surface area (Å²) in [6.45, 7) is 2.15. The van der Waals surface area contributed by atoms with Crippen molar-refractivity contribution in [2.24, 2.45) is 0 Å². The number of nitrogens with one attached hydrogen (secondary N) is 1. The van der Waals surface area contributed by atoms with E-state index in [9.17, 15) is 25.1 Å². The molecule has 0 aliphatic carbocycles. The van der Waals surface area contributed by atoms with E-state index in [0.717, 1.165) is 25.9 Å². The first-order chi connectivity index (χ1) is 13.5. The summed E-state index contributed by atoms with van der Waals surface area (Å²) in [5.74, 6) is 0.236. The van der Waals surface area contributed by atoms with Crippen molar-refractivity contribution in [2.75, 3.05) is 19.7 Å². The van der Waals surface area contributed by atoms with Crippen LogP contribution in [0.25, 0.3) is 0 Å². The Morgan fingerprint density at radius 2 is 1.89 bits per heavy atom. The molecular weight excluding hydrogens is 366 g/mol. The molecule has 150 valence electrons. The molecule has 9 heteroatoms. The number of carbonyl (C=O) groups excluding carboxylic acids is 1. The minimum absolute atomic E-state index is 0.101. The molecule has 1 aliphatic heterocycles. The molecule has 3 rings (SSSR count). The van der Waals surface area contributed by atoms with E-state index in [2.05, 4.69) is 10.2 Å². The van der Waals surface area contributed by atoms with Gasteiger partial charge in [0.15, 0.2) is 5.76 Å². The van der Waals surface area contributed by atoms with E-state index in [1.807, 2.05) is 0 Å². The molecular formula is C19H23N3O6. The molecule has 3 N–H and O–H groups in total. The van der Waals surface area contributed by atoms with Gasteiger partial charge in [-0.05, 0) is 55.8 Å². The topological polar surface area (TPSA) is 129 Å². The van der Waals surface area contributed by atoms with Crippen molar-refractivity contribution in [3.8, 4) is 0 Å². The van der Waals surface area contributed by atoms with Crippen LogP contribution in [0.1, 0.15) is 40.8 Å². The summed E-state index contributed by atoms with van der Waals surface area (Å²) in [7, 11) is 0. The molecule has 28 heavy (non-hydrogen) atoms. The number of hydrogen-bond donors (Lipinski definition) is 3. The first-order valence-corrected chi connectivity index (χ1v) is 9.13. The zero-order valence-electron chi connectivity index (χ0n) is 15.3. The number of nitro groups is 1. The summed E-state index contributed by atoms with van der Waals surface area (Å²) < 4.78 is 5.59. The van der Waals surface area contributed by atoms with Crippen LogP contribution in [-0.4, -0.2) is 51.7 Å². The fourth-order valence-corrected chi connectivity index (χ4v) is 3.24. The van der Waals surface area contributed by atoms with Crippen molar-refractivity contribution in [1.29, 1.82) is 0 Å². The number of aliphatic hydroxyl groups excluding tert-OH is 2. The number of nitrogens with zero attached hydrogens (tertiary/aromatic N) is 2. The Labute approximate surface area is 161 Å². The second kappa shape index (κ2) is 8.96. The SMILES string of the molecule is O=C(NC(CO)C(O)c1ccc([N+](=O)[O-])cc1)c1ccc(CN2CCCC2)o1. The molecule has 0 saturated carbocycles. The van der Waals surface area contributed by atoms with Crippen molar-refractivity contribution in [3.05, 3.63) is 63.6 Å². The van der Waals surface area contributed by atoms with Gasteiger partial charge in [-0.25, -0.2) is 0 Å². The molecule has 1 saturated heterocycles. The van der Waals surface area contributed by atoms with Gasteiger partial charge in [0.1, 0.15) is 11.9 Å². The maximum Gasteiger partial charge on any atom is 0.287 e. The van der Waals surface area contributed by atoms with E-state index in [4.69, 9.17) is 4.42 Å². The molecule has 2 unspecified atom stereocenters. The van der Waals surface area contributed by atoms with Gasteiger partial charge in [-0.1, -0.05) is 0 Å². The number of nitro benzene ring substituents is 1. The van der Waals surface area contributed by atoms with E-state index in [1.165, 1.54) is 24.3 Å². The van der Waals surface area contributed by atoms with Crippen LogP contribution in [0.5, 0.6) is 0 Å². The van der Waals surface area contributed by atoms with E-state index >= 15 is 0 Å². The lowest BCUT2D eigenvalue weighted by atomic mass is 10.0. The predicted molar refractivity (Wildman–Crippen MR) is 99.6 cm³/mol. The van der Waals surface area contributed by atoms with Crippen LogP contribution in [0, 0.1) is 10.1 Å². The number of amides is 1. The monoisotopic (exact) mass is 389 g/mol. The number of rotatable bonds is 8. The van der Waals surface area contributed by atoms with Crippen LogP contribution in [-0.2, 0) is 6.54 Å². The normalized spacial score (nSPS) is 16.6. The number of aliphatic hydroxyl groups is 2. The summed E-state index contributed by atoms with van der Waals surface area (Å²) in [5, 5.41) is 33.3. The summed E-state index contributed by atoms with van der Waals surface area (Å²) in [4.78, 5) is 24.8. The lowest BCUT2D eigenvalue weighted by Gasteiger charge is -2.22. The second-order valence-electron chi connectivity index (χ2n) is 6.81. The smallest absolute Gasteiger partial charge is 0.287 e. The maximum atomic E-state index is 12.4. The van der Waals surface area contributed by atoms with Gasteiger partial charge in [-0.15, -0.1) is 0 Å². The van der Waals surface area contributed by atoms with Crippen LogP contribution < -0.4 is 5.32 Å². The highest BCUT2D eigenvalue weighted by molar-refractivity contribution is 5.91. The van der Waals surface area contributed by atoms with Crippen molar-refractivity contribution in [2.45, 2.75) is 31.5 Å². The third-order valence-electron chi connectivity index (χ3n) is 4.80. The Kier molecular flexibility index (Phi) is 6.40. The number of furan rings is 1. The van der Waals surface area contributed by atoms with E-state index < -0.39 is 29.6 Å². The van der Waals surface area contributed by atoms with Crippen molar-refractivity contribution >= 4 is 11.6 Å². The van der Waals surface area contributed by atoms with Gasteiger partial charge in [-0.3, -0.25) is 19.8 Å². The van der Waals surface area contributed by atoms with Crippen LogP contribution in [0.4, 0.5) is 5.69 Å². The number of non-ortho nitro benzene ring substituents is 1. The molecule has 1 fully saturated rings. The molecule has 0 radical (unpaired) electrons. The molecule has 1 amide bonds. The van der Waals surface area contributed by atoms with Gasteiger partial charge in [-0.2, -0.15) is 0 Å². The van der Waals surface area contributed by atoms with Crippen LogP contribution in [0.3, 0.4) is 0 Å². The lowest BCUT2D eigenvalue weighted by Crippen LogP contribution is -2.41. The zero-order chi connectivity index (χ0) is 20.1. The van der Waals surface area contributed by atoms with Gasteiger partial charge in [0.2, 0.25) is 0 Å². The number of likely N-dealkylation sites (tertiary alicyclic amines) is 1. The fraction of sp³-hybridized carbons (Fsp3) is 0.421. The lowest BCUT2D eigenvalue weighted by molar-refractivity contribution is -0.384. The van der Waals surface area contributed by atoms with E-state index in [-0.39, 0.29) is 11.4 Å². The van der Waals surface area contributed by atoms with E-state index in [0.29, 0.717) is 17.9 Å². The predicted octanol–water partition coefficient (Wildman–Crippen LogP) is 1.61. The molecule has 1 aromatic heterocycles. The minimum atomic E-state index is -1.23. The molecule has 0 spiro atoms. The number of carbonyl (C=O) groups is 1. The van der Waals surface area contributed by atoms with Crippen LogP contribution in [0.2, 0.25) is 0 Å². The standard InChI is InChI=1S/C19H23N3O6/c23-12-16(18(24)13-3-5-14(6-4-13)22(26)27)20-19(25)17-8-7-15(28-17)11-21-9-1-2-10-21/h3-8,16,18,23-24H,1-2,9-12H2,(H,20,25). The summed E-state index contributed by atoms with van der Waals surface area (Å²) in [5.41, 5.74) is 0.237. The minimum Gasteiger partial charge on any atom is -0.455 e. The Morgan fingerprint density at radius 1 is 1.21 bits per heavy atom. The number of hydrogen-bond acceptors (Lipinski definition) is 7. The third kappa shape index (κ3) is 4.75. The zero-order valence-corrected chi connectivity index (χ0v) is 15.3. The highest BCUT2D eigenvalue weighted by atomic mass is 16.6. The van der Waals surface area contributed by atoms with E-state index in [1.54, 1.807) is 12.1 Å². The second-order valence-corrected chi connectivity index (χ2v) is 6.81. The molecule has 2 heterocycles. The average Bonchev–Trinajstić information content (AvgIpc) is 3.38. The van der Waals surface area contributed by atoms with Gasteiger partial charge in [0.25, 0.3) is 11.6 Å². The Bertz CT molecular complexity index is 813. The molecule has 2 atom stereocenters. The third-order valence-corrected chi connectivity index (χ3v) is 4.80. The molecule has 1 aromatic carbocycles. The fourth-order valence-electron chi connectivity index (χ4n) is 3.24. The highest BCUT2D eigenvalue weighted by Crippen LogP contribution is 2.21. The average molecular weight is 389 g/mol. The first-order valence-electron chi connectivity index (χ1n) is 9.13. The summed E-state index contributed by atoms with van der Waals surface area (Å²) in [6.07, 6.45) is 1.09. The molecule has 9 nitrogen and oxygen atoms in total. The van der Waals surface area contributed by atoms with Gasteiger partial charge < -0.3 is 19.9 Å². The molecule has 1 aliphatic rings. The highest BCUT2D eigenvalue weighted by Gasteiger charge is 2.25. The van der Waals surface area contributed by atoms with Crippen molar-refractivity contribution in [1.82, 2.24) is 10.2 Å². The molecule has 0 bridgehead atoms. The Hall–Kier alpha value is -2.75. The van der Waals surface area contributed by atoms with Crippen molar-refractivity contribution < 1.29 is 24.3 Å².